The monoisotopic (exact) mass is 316 g/mol. The molecule has 0 aliphatic carbocycles. The first-order valence-electron chi connectivity index (χ1n) is 6.51. The fraction of sp³-hybridized carbons (Fsp3) is 0.429. The minimum atomic E-state index is -4.54. The molecule has 0 unspecified atom stereocenters. The molecule has 2 atom stereocenters. The topological polar surface area (TPSA) is 32.7 Å². The molecule has 1 aromatic rings. The molecular formula is C14H12ClF3N2O. The van der Waals surface area contributed by atoms with E-state index < -0.39 is 30.0 Å². The molecule has 0 bridgehead atoms. The number of rotatable bonds is 1. The maximum atomic E-state index is 13.4. The standard InChI is InChI=1S/C14H12ClF3N2O/c15-7-11(21)20-6-5-9-8-3-1-2-4-10(8)19-12(9)13(20)14(16,17)18/h1-4,12-13H,5-7H2/t12-,13-/m0/s1. The van der Waals surface area contributed by atoms with Crippen LogP contribution in [-0.2, 0) is 4.79 Å². The largest absolute Gasteiger partial charge is 0.411 e. The van der Waals surface area contributed by atoms with E-state index in [1.54, 1.807) is 24.3 Å². The minimum Gasteiger partial charge on any atom is -0.327 e. The van der Waals surface area contributed by atoms with Crippen molar-refractivity contribution < 1.29 is 18.0 Å². The molecule has 7 heteroatoms. The Balaban J connectivity index is 2.11. The number of hydrogen-bond acceptors (Lipinski definition) is 2. The average molecular weight is 317 g/mol. The van der Waals surface area contributed by atoms with Gasteiger partial charge >= 0.3 is 6.18 Å². The van der Waals surface area contributed by atoms with E-state index in [2.05, 4.69) is 4.99 Å². The van der Waals surface area contributed by atoms with Crippen molar-refractivity contribution in [3.05, 3.63) is 34.8 Å². The van der Waals surface area contributed by atoms with Crippen LogP contribution in [0.15, 0.2) is 29.3 Å². The van der Waals surface area contributed by atoms with Crippen LogP contribution >= 0.6 is 11.6 Å². The zero-order valence-electron chi connectivity index (χ0n) is 10.9. The van der Waals surface area contributed by atoms with Crippen molar-refractivity contribution >= 4 is 23.1 Å². The van der Waals surface area contributed by atoms with E-state index in [1.165, 1.54) is 0 Å². The van der Waals surface area contributed by atoms with E-state index in [9.17, 15) is 18.0 Å². The van der Waals surface area contributed by atoms with Crippen molar-refractivity contribution in [1.29, 1.82) is 0 Å². The van der Waals surface area contributed by atoms with E-state index in [4.69, 9.17) is 11.6 Å². The number of amides is 1. The fourth-order valence-electron chi connectivity index (χ4n) is 3.05. The molecule has 1 aromatic carbocycles. The zero-order chi connectivity index (χ0) is 15.2. The van der Waals surface area contributed by atoms with Gasteiger partial charge in [0.05, 0.1) is 5.36 Å². The van der Waals surface area contributed by atoms with Gasteiger partial charge in [-0.05, 0) is 18.1 Å². The molecule has 2 aliphatic rings. The smallest absolute Gasteiger partial charge is 0.327 e. The molecule has 0 aromatic heterocycles. The Labute approximate surface area is 123 Å². The number of piperidine rings is 1. The van der Waals surface area contributed by atoms with Gasteiger partial charge in [-0.1, -0.05) is 18.2 Å². The molecule has 0 radical (unpaired) electrons. The van der Waals surface area contributed by atoms with Crippen molar-refractivity contribution in [1.82, 2.24) is 4.90 Å². The number of likely N-dealkylation sites (tertiary alicyclic amines) is 1. The Bertz CT molecular complexity index is 701. The Morgan fingerprint density at radius 1 is 1.38 bits per heavy atom. The van der Waals surface area contributed by atoms with Crippen LogP contribution in [-0.4, -0.2) is 41.5 Å². The van der Waals surface area contributed by atoms with Crippen LogP contribution in [0, 0.1) is 0 Å². The lowest BCUT2D eigenvalue weighted by atomic mass is 9.90. The molecule has 2 heterocycles. The summed E-state index contributed by atoms with van der Waals surface area (Å²) >= 11 is 5.44. The Morgan fingerprint density at radius 2 is 2.10 bits per heavy atom. The number of nitrogens with zero attached hydrogens (tertiary/aromatic N) is 2. The SMILES string of the molecule is O=C(CCl)N1CCC2=c3ccccc3=N[C@@H]2[C@H]1C(F)(F)F. The molecule has 112 valence electrons. The molecule has 1 amide bonds. The molecule has 2 aliphatic heterocycles. The summed E-state index contributed by atoms with van der Waals surface area (Å²) in [6.07, 6.45) is -4.15. The number of alkyl halides is 4. The lowest BCUT2D eigenvalue weighted by Gasteiger charge is -2.40. The number of fused-ring (bicyclic) bond motifs is 2. The third-order valence-corrected chi connectivity index (χ3v) is 4.14. The van der Waals surface area contributed by atoms with E-state index >= 15 is 0 Å². The number of hydrogen-bond donors (Lipinski definition) is 0. The van der Waals surface area contributed by atoms with Gasteiger partial charge in [0, 0.05) is 11.8 Å². The quantitative estimate of drug-likeness (QED) is 0.718. The van der Waals surface area contributed by atoms with Gasteiger partial charge in [-0.2, -0.15) is 13.2 Å². The first kappa shape index (κ1) is 14.4. The summed E-state index contributed by atoms with van der Waals surface area (Å²) in [4.78, 5) is 16.7. The molecule has 0 saturated carbocycles. The third-order valence-electron chi connectivity index (χ3n) is 3.91. The van der Waals surface area contributed by atoms with Crippen molar-refractivity contribution in [2.75, 3.05) is 12.4 Å². The van der Waals surface area contributed by atoms with E-state index in [0.717, 1.165) is 10.1 Å². The number of carbonyl (C=O) groups excluding carboxylic acids is 1. The molecule has 3 nitrogen and oxygen atoms in total. The first-order valence-corrected chi connectivity index (χ1v) is 7.05. The summed E-state index contributed by atoms with van der Waals surface area (Å²) in [6, 6.07) is 4.01. The second kappa shape index (κ2) is 5.02. The van der Waals surface area contributed by atoms with Gasteiger partial charge in [-0.3, -0.25) is 9.79 Å². The Morgan fingerprint density at radius 3 is 2.76 bits per heavy atom. The van der Waals surface area contributed by atoms with Crippen LogP contribution in [0.25, 0.3) is 5.57 Å². The number of para-hydroxylation sites is 1. The van der Waals surface area contributed by atoms with Crippen LogP contribution in [0.3, 0.4) is 0 Å². The molecule has 0 spiro atoms. The number of halogens is 4. The lowest BCUT2D eigenvalue weighted by molar-refractivity contribution is -0.192. The predicted octanol–water partition coefficient (Wildman–Crippen LogP) is 1.24. The first-order chi connectivity index (χ1) is 9.93. The van der Waals surface area contributed by atoms with Crippen LogP contribution in [0.2, 0.25) is 0 Å². The summed E-state index contributed by atoms with van der Waals surface area (Å²) in [7, 11) is 0. The van der Waals surface area contributed by atoms with Crippen molar-refractivity contribution in [3.8, 4) is 0 Å². The summed E-state index contributed by atoms with van der Waals surface area (Å²) in [5.74, 6) is -1.16. The van der Waals surface area contributed by atoms with Crippen molar-refractivity contribution in [3.63, 3.8) is 0 Å². The van der Waals surface area contributed by atoms with Crippen LogP contribution in [0.4, 0.5) is 13.2 Å². The molecule has 0 N–H and O–H groups in total. The highest BCUT2D eigenvalue weighted by molar-refractivity contribution is 6.27. The van der Waals surface area contributed by atoms with Crippen LogP contribution in [0.5, 0.6) is 0 Å². The summed E-state index contributed by atoms with van der Waals surface area (Å²) in [5.41, 5.74) is 0.659. The normalized spacial score (nSPS) is 24.4. The highest BCUT2D eigenvalue weighted by atomic mass is 35.5. The minimum absolute atomic E-state index is 0.0193. The highest BCUT2D eigenvalue weighted by Crippen LogP contribution is 2.37. The number of carbonyl (C=O) groups is 1. The van der Waals surface area contributed by atoms with Crippen molar-refractivity contribution in [2.45, 2.75) is 24.7 Å². The number of benzene rings is 1. The van der Waals surface area contributed by atoms with E-state index in [0.29, 0.717) is 17.4 Å². The molecule has 1 saturated heterocycles. The van der Waals surface area contributed by atoms with Gasteiger partial charge in [0.15, 0.2) is 6.04 Å². The highest BCUT2D eigenvalue weighted by Gasteiger charge is 2.53. The summed E-state index contributed by atoms with van der Waals surface area (Å²) < 4.78 is 40.3. The Kier molecular flexibility index (Phi) is 3.43. The van der Waals surface area contributed by atoms with Crippen molar-refractivity contribution in [2.24, 2.45) is 4.99 Å². The lowest BCUT2D eigenvalue weighted by Crippen LogP contribution is -2.58. The summed E-state index contributed by atoms with van der Waals surface area (Å²) in [5, 5.41) is 1.32. The molecular weight excluding hydrogens is 305 g/mol. The second-order valence-electron chi connectivity index (χ2n) is 5.07. The second-order valence-corrected chi connectivity index (χ2v) is 5.34. The Hall–Kier alpha value is -1.56. The van der Waals surface area contributed by atoms with Crippen LogP contribution in [0.1, 0.15) is 6.42 Å². The maximum Gasteiger partial charge on any atom is 0.411 e. The molecule has 3 rings (SSSR count). The van der Waals surface area contributed by atoms with Gasteiger partial charge in [0.1, 0.15) is 11.9 Å². The van der Waals surface area contributed by atoms with Gasteiger partial charge in [0.2, 0.25) is 5.91 Å². The average Bonchev–Trinajstić information content (AvgIpc) is 2.82. The van der Waals surface area contributed by atoms with Gasteiger partial charge < -0.3 is 4.90 Å². The van der Waals surface area contributed by atoms with Crippen LogP contribution < -0.4 is 10.6 Å². The summed E-state index contributed by atoms with van der Waals surface area (Å²) in [6.45, 7) is 0.0193. The van der Waals surface area contributed by atoms with Gasteiger partial charge in [0.25, 0.3) is 0 Å². The zero-order valence-corrected chi connectivity index (χ0v) is 11.7. The van der Waals surface area contributed by atoms with E-state index in [-0.39, 0.29) is 6.54 Å². The maximum absolute atomic E-state index is 13.4. The molecule has 1 fully saturated rings. The van der Waals surface area contributed by atoms with Gasteiger partial charge in [-0.15, -0.1) is 11.6 Å². The fourth-order valence-corrected chi connectivity index (χ4v) is 3.20. The molecule has 21 heavy (non-hydrogen) atoms. The van der Waals surface area contributed by atoms with Gasteiger partial charge in [-0.25, -0.2) is 0 Å². The third kappa shape index (κ3) is 2.31. The van der Waals surface area contributed by atoms with E-state index in [1.807, 2.05) is 0 Å². The predicted molar refractivity (Wildman–Crippen MR) is 71.3 cm³/mol.